The van der Waals surface area contributed by atoms with Crippen LogP contribution in [0, 0.1) is 10.1 Å². The lowest BCUT2D eigenvalue weighted by molar-refractivity contribution is -0.402. The summed E-state index contributed by atoms with van der Waals surface area (Å²) in [7, 11) is 0. The highest BCUT2D eigenvalue weighted by Crippen LogP contribution is 2.26. The quantitative estimate of drug-likeness (QED) is 0.367. The Hall–Kier alpha value is -3.01. The Kier molecular flexibility index (Phi) is 4.38. The van der Waals surface area contributed by atoms with Gasteiger partial charge >= 0.3 is 11.9 Å². The topological polar surface area (TPSA) is 122 Å². The molecule has 1 aromatic carbocycles. The molecule has 24 heavy (non-hydrogen) atoms. The molecule has 0 atom stereocenters. The third-order valence-electron chi connectivity index (χ3n) is 2.87. The SMILES string of the molecule is O=C(OCc1nnc(-c2ccccc2Br)o1)c1ccc([N+](=O)[O-])o1. The number of halogens is 1. The Morgan fingerprint density at radius 3 is 2.71 bits per heavy atom. The van der Waals surface area contributed by atoms with E-state index in [9.17, 15) is 14.9 Å². The van der Waals surface area contributed by atoms with Gasteiger partial charge in [-0.3, -0.25) is 10.1 Å². The number of esters is 1. The molecule has 0 fully saturated rings. The Morgan fingerprint density at radius 1 is 1.21 bits per heavy atom. The zero-order valence-corrected chi connectivity index (χ0v) is 13.4. The smallest absolute Gasteiger partial charge is 0.433 e. The molecule has 0 aliphatic carbocycles. The lowest BCUT2D eigenvalue weighted by Gasteiger charge is -1.99. The Morgan fingerprint density at radius 2 is 2.00 bits per heavy atom. The van der Waals surface area contributed by atoms with Crippen LogP contribution in [0.25, 0.3) is 11.5 Å². The fraction of sp³-hybridized carbons (Fsp3) is 0.0714. The van der Waals surface area contributed by atoms with Crippen molar-refractivity contribution in [3.63, 3.8) is 0 Å². The first-order valence-corrected chi connectivity index (χ1v) is 7.32. The van der Waals surface area contributed by atoms with Crippen molar-refractivity contribution in [1.82, 2.24) is 10.2 Å². The van der Waals surface area contributed by atoms with Crippen LogP contribution < -0.4 is 0 Å². The Labute approximate surface area is 142 Å². The molecule has 2 heterocycles. The first-order chi connectivity index (χ1) is 11.5. The molecule has 9 nitrogen and oxygen atoms in total. The number of rotatable bonds is 5. The molecule has 0 bridgehead atoms. The van der Waals surface area contributed by atoms with Crippen LogP contribution in [0.4, 0.5) is 5.88 Å². The van der Waals surface area contributed by atoms with Gasteiger partial charge in [-0.25, -0.2) is 4.79 Å². The predicted octanol–water partition coefficient (Wildman–Crippen LogP) is 3.36. The van der Waals surface area contributed by atoms with E-state index >= 15 is 0 Å². The highest BCUT2D eigenvalue weighted by molar-refractivity contribution is 9.10. The van der Waals surface area contributed by atoms with Crippen LogP contribution in [0.15, 0.2) is 49.7 Å². The van der Waals surface area contributed by atoms with Gasteiger partial charge in [-0.15, -0.1) is 10.2 Å². The minimum atomic E-state index is -0.872. The predicted molar refractivity (Wildman–Crippen MR) is 81.9 cm³/mol. The van der Waals surface area contributed by atoms with Gasteiger partial charge in [-0.1, -0.05) is 12.1 Å². The summed E-state index contributed by atoms with van der Waals surface area (Å²) >= 11 is 3.37. The van der Waals surface area contributed by atoms with Crippen LogP contribution in [0.5, 0.6) is 0 Å². The molecular formula is C14H8BrN3O6. The fourth-order valence-electron chi connectivity index (χ4n) is 1.79. The molecule has 0 aliphatic rings. The van der Waals surface area contributed by atoms with Crippen molar-refractivity contribution in [2.45, 2.75) is 6.61 Å². The van der Waals surface area contributed by atoms with E-state index in [-0.39, 0.29) is 24.1 Å². The first kappa shape index (κ1) is 15.9. The molecule has 0 aliphatic heterocycles. The standard InChI is InChI=1S/C14H8BrN3O6/c15-9-4-2-1-3-8(9)13-17-16-11(24-13)7-22-14(19)10-5-6-12(23-10)18(20)21/h1-6H,7H2. The third kappa shape index (κ3) is 3.33. The number of nitrogens with zero attached hydrogens (tertiary/aromatic N) is 3. The van der Waals surface area contributed by atoms with Gasteiger partial charge in [0.25, 0.3) is 5.89 Å². The molecule has 122 valence electrons. The average molecular weight is 394 g/mol. The minimum Gasteiger partial charge on any atom is -0.450 e. The van der Waals surface area contributed by atoms with Crippen molar-refractivity contribution < 1.29 is 23.3 Å². The minimum absolute atomic E-state index is 0.0789. The van der Waals surface area contributed by atoms with Gasteiger partial charge in [0.1, 0.15) is 4.92 Å². The van der Waals surface area contributed by atoms with Crippen LogP contribution in [-0.2, 0) is 11.3 Å². The van der Waals surface area contributed by atoms with Gasteiger partial charge in [0, 0.05) is 4.47 Å². The number of hydrogen-bond acceptors (Lipinski definition) is 8. The number of furan rings is 1. The molecule has 0 spiro atoms. The normalized spacial score (nSPS) is 10.5. The van der Waals surface area contributed by atoms with E-state index in [1.165, 1.54) is 0 Å². The summed E-state index contributed by atoms with van der Waals surface area (Å²) in [6.07, 6.45) is 0. The third-order valence-corrected chi connectivity index (χ3v) is 3.56. The van der Waals surface area contributed by atoms with Gasteiger partial charge in [-0.2, -0.15) is 0 Å². The second-order valence-corrected chi connectivity index (χ2v) is 5.31. The number of benzene rings is 1. The van der Waals surface area contributed by atoms with Crippen LogP contribution in [0.2, 0.25) is 0 Å². The van der Waals surface area contributed by atoms with Gasteiger partial charge in [0.15, 0.2) is 6.61 Å². The zero-order valence-electron chi connectivity index (χ0n) is 11.8. The summed E-state index contributed by atoms with van der Waals surface area (Å²) < 4.78 is 15.9. The molecule has 10 heteroatoms. The van der Waals surface area contributed by atoms with Crippen molar-refractivity contribution in [1.29, 1.82) is 0 Å². The molecule has 0 saturated carbocycles. The van der Waals surface area contributed by atoms with Gasteiger partial charge in [0.2, 0.25) is 11.7 Å². The van der Waals surface area contributed by atoms with E-state index in [2.05, 4.69) is 26.1 Å². The van der Waals surface area contributed by atoms with E-state index < -0.39 is 16.8 Å². The number of aromatic nitrogens is 2. The summed E-state index contributed by atoms with van der Waals surface area (Å²) in [6, 6.07) is 9.48. The van der Waals surface area contributed by atoms with Crippen LogP contribution in [0.1, 0.15) is 16.4 Å². The lowest BCUT2D eigenvalue weighted by Crippen LogP contribution is -2.04. The van der Waals surface area contributed by atoms with Crippen LogP contribution >= 0.6 is 15.9 Å². The summed E-state index contributed by atoms with van der Waals surface area (Å²) in [4.78, 5) is 21.5. The van der Waals surface area contributed by atoms with E-state index in [1.54, 1.807) is 6.07 Å². The lowest BCUT2D eigenvalue weighted by atomic mass is 10.2. The van der Waals surface area contributed by atoms with E-state index in [0.717, 1.165) is 16.6 Å². The first-order valence-electron chi connectivity index (χ1n) is 6.53. The van der Waals surface area contributed by atoms with Crippen LogP contribution in [-0.4, -0.2) is 21.1 Å². The number of hydrogen-bond donors (Lipinski definition) is 0. The summed E-state index contributed by atoms with van der Waals surface area (Å²) in [6.45, 7) is -0.287. The van der Waals surface area contributed by atoms with E-state index in [1.807, 2.05) is 18.2 Å². The van der Waals surface area contributed by atoms with Crippen molar-refractivity contribution in [3.8, 4) is 11.5 Å². The second-order valence-electron chi connectivity index (χ2n) is 4.45. The van der Waals surface area contributed by atoms with Crippen molar-refractivity contribution in [2.75, 3.05) is 0 Å². The van der Waals surface area contributed by atoms with Crippen LogP contribution in [0.3, 0.4) is 0 Å². The Balaban J connectivity index is 1.66. The number of carbonyl (C=O) groups excluding carboxylic acids is 1. The summed E-state index contributed by atoms with van der Waals surface area (Å²) in [5, 5.41) is 18.2. The maximum absolute atomic E-state index is 11.7. The van der Waals surface area contributed by atoms with E-state index in [0.29, 0.717) is 5.56 Å². The van der Waals surface area contributed by atoms with Crippen molar-refractivity contribution in [3.05, 3.63) is 62.6 Å². The molecule has 3 aromatic rings. The fourth-order valence-corrected chi connectivity index (χ4v) is 2.24. The number of carbonyl (C=O) groups is 1. The molecule has 0 amide bonds. The maximum Gasteiger partial charge on any atom is 0.433 e. The average Bonchev–Trinajstić information content (AvgIpc) is 3.22. The molecule has 0 radical (unpaired) electrons. The summed E-state index contributed by atoms with van der Waals surface area (Å²) in [5.74, 6) is -1.36. The zero-order chi connectivity index (χ0) is 17.1. The largest absolute Gasteiger partial charge is 0.450 e. The maximum atomic E-state index is 11.7. The number of nitro groups is 1. The molecule has 0 unspecified atom stereocenters. The van der Waals surface area contributed by atoms with Gasteiger partial charge in [-0.05, 0) is 34.1 Å². The molecule has 3 rings (SSSR count). The molecule has 2 aromatic heterocycles. The van der Waals surface area contributed by atoms with Crippen molar-refractivity contribution >= 4 is 27.8 Å². The molecular weight excluding hydrogens is 386 g/mol. The second kappa shape index (κ2) is 6.62. The van der Waals surface area contributed by atoms with E-state index in [4.69, 9.17) is 13.6 Å². The Bertz CT molecular complexity index is 903. The molecule has 0 N–H and O–H groups in total. The van der Waals surface area contributed by atoms with Gasteiger partial charge < -0.3 is 13.6 Å². The summed E-state index contributed by atoms with van der Waals surface area (Å²) in [5.41, 5.74) is 0.698. The highest BCUT2D eigenvalue weighted by Gasteiger charge is 2.19. The van der Waals surface area contributed by atoms with Crippen molar-refractivity contribution in [2.24, 2.45) is 0 Å². The highest BCUT2D eigenvalue weighted by atomic mass is 79.9. The molecule has 0 saturated heterocycles. The number of ether oxygens (including phenoxy) is 1. The monoisotopic (exact) mass is 393 g/mol. The van der Waals surface area contributed by atoms with Gasteiger partial charge in [0.05, 0.1) is 11.6 Å².